The van der Waals surface area contributed by atoms with Gasteiger partial charge in [0.15, 0.2) is 6.61 Å². The molecule has 0 aromatic heterocycles. The van der Waals surface area contributed by atoms with Gasteiger partial charge < -0.3 is 19.3 Å². The van der Waals surface area contributed by atoms with Crippen LogP contribution in [0.4, 0.5) is 4.39 Å². The Hall–Kier alpha value is -2.80. The van der Waals surface area contributed by atoms with Gasteiger partial charge in [-0.25, -0.2) is 4.39 Å². The summed E-state index contributed by atoms with van der Waals surface area (Å²) in [6.45, 7) is 4.17. The third kappa shape index (κ3) is 5.63. The maximum Gasteiger partial charge on any atom is 0.260 e. The zero-order valence-corrected chi connectivity index (χ0v) is 17.5. The van der Waals surface area contributed by atoms with Crippen molar-refractivity contribution < 1.29 is 23.5 Å². The number of hydrogen-bond donors (Lipinski definition) is 0. The fraction of sp³-hybridized carbons (Fsp3) is 0.364. The third-order valence-electron chi connectivity index (χ3n) is 4.74. The van der Waals surface area contributed by atoms with E-state index in [1.54, 1.807) is 34.1 Å². The van der Waals surface area contributed by atoms with Crippen LogP contribution in [0, 0.1) is 5.82 Å². The van der Waals surface area contributed by atoms with Crippen LogP contribution < -0.4 is 9.47 Å². The minimum absolute atomic E-state index is 0.0765. The average molecular weight is 435 g/mol. The number of nitrogens with zero attached hydrogens (tertiary/aromatic N) is 2. The van der Waals surface area contributed by atoms with Crippen LogP contribution in [0.25, 0.3) is 0 Å². The van der Waals surface area contributed by atoms with E-state index in [1.807, 2.05) is 6.92 Å². The summed E-state index contributed by atoms with van der Waals surface area (Å²) >= 11 is 5.98. The molecular formula is C22H24ClFN2O4. The molecule has 30 heavy (non-hydrogen) atoms. The van der Waals surface area contributed by atoms with E-state index in [0.29, 0.717) is 38.5 Å². The number of amides is 2. The predicted octanol–water partition coefficient (Wildman–Crippen LogP) is 3.63. The molecule has 0 bridgehead atoms. The second-order valence-electron chi connectivity index (χ2n) is 6.91. The molecule has 6 nitrogen and oxygen atoms in total. The molecule has 0 aliphatic carbocycles. The number of carbonyl (C=O) groups excluding carboxylic acids is 2. The number of benzene rings is 2. The third-order valence-corrected chi connectivity index (χ3v) is 5.05. The van der Waals surface area contributed by atoms with Crippen LogP contribution in [0.2, 0.25) is 5.02 Å². The summed E-state index contributed by atoms with van der Waals surface area (Å²) in [6.07, 6.45) is 0.933. The standard InChI is InChI=1S/C22H24ClFN2O4/c1-2-13-29-17-4-6-18(7-5-17)30-15-21(27)25-9-11-26(12-10-25)22(28)19-8-3-16(24)14-20(19)23/h3-8,14H,2,9-13,15H2,1H3. The normalized spacial score (nSPS) is 13.8. The Balaban J connectivity index is 1.46. The molecule has 0 saturated carbocycles. The van der Waals surface area contributed by atoms with Crippen LogP contribution in [0.5, 0.6) is 11.5 Å². The van der Waals surface area contributed by atoms with Crippen molar-refractivity contribution in [3.05, 3.63) is 58.9 Å². The smallest absolute Gasteiger partial charge is 0.260 e. The first-order valence-electron chi connectivity index (χ1n) is 9.85. The largest absolute Gasteiger partial charge is 0.494 e. The first kappa shape index (κ1) is 21.9. The van der Waals surface area contributed by atoms with Gasteiger partial charge in [-0.2, -0.15) is 0 Å². The molecule has 2 amide bonds. The maximum absolute atomic E-state index is 13.2. The van der Waals surface area contributed by atoms with Crippen molar-refractivity contribution in [2.24, 2.45) is 0 Å². The van der Waals surface area contributed by atoms with E-state index in [9.17, 15) is 14.0 Å². The van der Waals surface area contributed by atoms with Gasteiger partial charge in [-0.05, 0) is 48.9 Å². The van der Waals surface area contributed by atoms with Crippen molar-refractivity contribution in [1.82, 2.24) is 9.80 Å². The van der Waals surface area contributed by atoms with Gasteiger partial charge in [-0.1, -0.05) is 18.5 Å². The number of rotatable bonds is 7. The Morgan fingerprint density at radius 1 is 0.967 bits per heavy atom. The molecule has 1 aliphatic heterocycles. The Labute approximate surface area is 180 Å². The van der Waals surface area contributed by atoms with Crippen LogP contribution in [0.15, 0.2) is 42.5 Å². The van der Waals surface area contributed by atoms with E-state index in [2.05, 4.69) is 0 Å². The van der Waals surface area contributed by atoms with Crippen LogP contribution in [0.1, 0.15) is 23.7 Å². The minimum Gasteiger partial charge on any atom is -0.494 e. The summed E-state index contributed by atoms with van der Waals surface area (Å²) in [5.41, 5.74) is 0.257. The molecule has 1 heterocycles. The topological polar surface area (TPSA) is 59.1 Å². The molecule has 160 valence electrons. The molecule has 0 atom stereocenters. The van der Waals surface area contributed by atoms with Crippen molar-refractivity contribution in [3.8, 4) is 11.5 Å². The highest BCUT2D eigenvalue weighted by Crippen LogP contribution is 2.20. The lowest BCUT2D eigenvalue weighted by Gasteiger charge is -2.34. The molecular weight excluding hydrogens is 411 g/mol. The van der Waals surface area contributed by atoms with E-state index < -0.39 is 5.82 Å². The number of halogens is 2. The fourth-order valence-corrected chi connectivity index (χ4v) is 3.33. The number of hydrogen-bond acceptors (Lipinski definition) is 4. The zero-order chi connectivity index (χ0) is 21.5. The number of piperazine rings is 1. The van der Waals surface area contributed by atoms with Crippen molar-refractivity contribution in [2.45, 2.75) is 13.3 Å². The Morgan fingerprint density at radius 2 is 1.57 bits per heavy atom. The highest BCUT2D eigenvalue weighted by Gasteiger charge is 2.26. The van der Waals surface area contributed by atoms with E-state index in [0.717, 1.165) is 18.2 Å². The van der Waals surface area contributed by atoms with Crippen LogP contribution in [0.3, 0.4) is 0 Å². The summed E-state index contributed by atoms with van der Waals surface area (Å²) < 4.78 is 24.3. The van der Waals surface area contributed by atoms with Crippen molar-refractivity contribution in [3.63, 3.8) is 0 Å². The summed E-state index contributed by atoms with van der Waals surface area (Å²) in [4.78, 5) is 28.3. The fourth-order valence-electron chi connectivity index (χ4n) is 3.08. The van der Waals surface area contributed by atoms with Gasteiger partial charge in [0, 0.05) is 26.2 Å². The molecule has 2 aromatic carbocycles. The lowest BCUT2D eigenvalue weighted by atomic mass is 10.1. The first-order valence-corrected chi connectivity index (χ1v) is 10.2. The molecule has 1 saturated heterocycles. The molecule has 3 rings (SSSR count). The first-order chi connectivity index (χ1) is 14.5. The van der Waals surface area contributed by atoms with Gasteiger partial charge in [-0.3, -0.25) is 9.59 Å². The quantitative estimate of drug-likeness (QED) is 0.667. The molecule has 0 unspecified atom stereocenters. The highest BCUT2D eigenvalue weighted by molar-refractivity contribution is 6.33. The number of ether oxygens (including phenoxy) is 2. The van der Waals surface area contributed by atoms with Crippen LogP contribution >= 0.6 is 11.6 Å². The predicted molar refractivity (Wildman–Crippen MR) is 112 cm³/mol. The highest BCUT2D eigenvalue weighted by atomic mass is 35.5. The molecule has 0 spiro atoms. The van der Waals surface area contributed by atoms with Crippen LogP contribution in [-0.2, 0) is 4.79 Å². The van der Waals surface area contributed by atoms with E-state index in [1.165, 1.54) is 12.1 Å². The van der Waals surface area contributed by atoms with Gasteiger partial charge in [-0.15, -0.1) is 0 Å². The van der Waals surface area contributed by atoms with Gasteiger partial charge in [0.1, 0.15) is 17.3 Å². The summed E-state index contributed by atoms with van der Waals surface area (Å²) in [6, 6.07) is 10.8. The van der Waals surface area contributed by atoms with E-state index >= 15 is 0 Å². The SMILES string of the molecule is CCCOc1ccc(OCC(=O)N2CCN(C(=O)c3ccc(F)cc3Cl)CC2)cc1. The van der Waals surface area contributed by atoms with Gasteiger partial charge in [0.05, 0.1) is 17.2 Å². The Bertz CT molecular complexity index is 883. The average Bonchev–Trinajstić information content (AvgIpc) is 2.76. The van der Waals surface area contributed by atoms with Crippen LogP contribution in [-0.4, -0.2) is 61.0 Å². The maximum atomic E-state index is 13.2. The van der Waals surface area contributed by atoms with Gasteiger partial charge in [0.2, 0.25) is 0 Å². The lowest BCUT2D eigenvalue weighted by molar-refractivity contribution is -0.134. The summed E-state index contributed by atoms with van der Waals surface area (Å²) in [5.74, 6) is 0.446. The zero-order valence-electron chi connectivity index (χ0n) is 16.8. The van der Waals surface area contributed by atoms with Crippen molar-refractivity contribution in [1.29, 1.82) is 0 Å². The van der Waals surface area contributed by atoms with Crippen molar-refractivity contribution in [2.75, 3.05) is 39.4 Å². The van der Waals surface area contributed by atoms with E-state index in [-0.39, 0.29) is 29.0 Å². The molecule has 1 aliphatic rings. The Kier molecular flexibility index (Phi) is 7.52. The number of carbonyl (C=O) groups is 2. The lowest BCUT2D eigenvalue weighted by Crippen LogP contribution is -2.51. The second kappa shape index (κ2) is 10.3. The molecule has 2 aromatic rings. The minimum atomic E-state index is -0.491. The Morgan fingerprint density at radius 3 is 2.17 bits per heavy atom. The summed E-state index contributed by atoms with van der Waals surface area (Å²) in [7, 11) is 0. The second-order valence-corrected chi connectivity index (χ2v) is 7.31. The van der Waals surface area contributed by atoms with Gasteiger partial charge >= 0.3 is 0 Å². The van der Waals surface area contributed by atoms with Crippen molar-refractivity contribution >= 4 is 23.4 Å². The molecule has 0 N–H and O–H groups in total. The summed E-state index contributed by atoms with van der Waals surface area (Å²) in [5, 5.41) is 0.0815. The monoisotopic (exact) mass is 434 g/mol. The molecule has 0 radical (unpaired) electrons. The van der Waals surface area contributed by atoms with E-state index in [4.69, 9.17) is 21.1 Å². The molecule has 8 heteroatoms. The van der Waals surface area contributed by atoms with Gasteiger partial charge in [0.25, 0.3) is 11.8 Å². The molecule has 1 fully saturated rings.